The Morgan fingerprint density at radius 3 is 1.57 bits per heavy atom. The summed E-state index contributed by atoms with van der Waals surface area (Å²) in [5.74, 6) is -1.22. The zero-order chi connectivity index (χ0) is 18.3. The third-order valence-corrected chi connectivity index (χ3v) is 3.53. The van der Waals surface area contributed by atoms with Crippen LogP contribution < -0.4 is 0 Å². The topological polar surface area (TPSA) is 144 Å². The fourth-order valence-corrected chi connectivity index (χ4v) is 2.67. The molecule has 0 radical (unpaired) electrons. The van der Waals surface area contributed by atoms with Crippen LogP contribution >= 0.6 is 0 Å². The molecule has 0 bridgehead atoms. The van der Waals surface area contributed by atoms with Crippen LogP contribution in [-0.2, 0) is 5.41 Å². The lowest BCUT2D eigenvalue weighted by molar-refractivity contribution is -0.397. The number of nitro groups is 2. The molecule has 23 heavy (non-hydrogen) atoms. The molecule has 9 nitrogen and oxygen atoms in total. The minimum Gasteiger partial charge on any atom is -0.362 e. The van der Waals surface area contributed by atoms with Crippen LogP contribution in [0.1, 0.15) is 47.8 Å². The molecule has 0 aliphatic rings. The van der Waals surface area contributed by atoms with Crippen LogP contribution in [0.5, 0.6) is 0 Å². The minimum absolute atomic E-state index is 0.105. The number of ketones is 1. The van der Waals surface area contributed by atoms with Gasteiger partial charge in [0, 0.05) is 22.1 Å². The molecule has 0 unspecified atom stereocenters. The summed E-state index contributed by atoms with van der Waals surface area (Å²) < 4.78 is 0. The molecular formula is C14H18N2O7. The lowest BCUT2D eigenvalue weighted by Crippen LogP contribution is -2.25. The van der Waals surface area contributed by atoms with Crippen LogP contribution in [0.4, 0.5) is 11.4 Å². The van der Waals surface area contributed by atoms with Crippen molar-refractivity contribution in [2.75, 3.05) is 0 Å². The number of nitrogens with zero attached hydrogens (tertiary/aromatic N) is 2. The van der Waals surface area contributed by atoms with Crippen molar-refractivity contribution in [2.24, 2.45) is 0 Å². The van der Waals surface area contributed by atoms with Crippen molar-refractivity contribution >= 4 is 17.2 Å². The summed E-state index contributed by atoms with van der Waals surface area (Å²) in [6, 6.07) is 0. The maximum atomic E-state index is 12.0. The van der Waals surface area contributed by atoms with Crippen molar-refractivity contribution in [3.8, 4) is 0 Å². The molecule has 0 heterocycles. The van der Waals surface area contributed by atoms with Crippen LogP contribution in [0.3, 0.4) is 0 Å². The molecule has 0 saturated heterocycles. The standard InChI is InChI=1S/C14H18N2O7/c1-6-8(12(17)13(18)19)7(2)11(16(22)23)9(14(3,4)5)10(6)15(20)21/h13,18-19H,1-5H3. The molecule has 1 aromatic carbocycles. The van der Waals surface area contributed by atoms with Gasteiger partial charge in [-0.1, -0.05) is 20.8 Å². The highest BCUT2D eigenvalue weighted by Gasteiger charge is 2.41. The average Bonchev–Trinajstić information content (AvgIpc) is 2.35. The Morgan fingerprint density at radius 1 is 1.00 bits per heavy atom. The number of aliphatic hydroxyl groups excluding tert-OH is 1. The second kappa shape index (κ2) is 6.01. The van der Waals surface area contributed by atoms with Crippen LogP contribution in [0.15, 0.2) is 0 Å². The van der Waals surface area contributed by atoms with Gasteiger partial charge in [-0.2, -0.15) is 0 Å². The van der Waals surface area contributed by atoms with Gasteiger partial charge in [-0.15, -0.1) is 0 Å². The number of Topliss-reactive ketones (excluding diaryl/α,β-unsaturated/α-hetero) is 1. The number of nitro benzene ring substituents is 2. The largest absolute Gasteiger partial charge is 0.362 e. The Labute approximate surface area is 131 Å². The summed E-state index contributed by atoms with van der Waals surface area (Å²) >= 11 is 0. The average molecular weight is 326 g/mol. The first-order valence-electron chi connectivity index (χ1n) is 6.69. The molecule has 9 heteroatoms. The van der Waals surface area contributed by atoms with E-state index >= 15 is 0 Å². The van der Waals surface area contributed by atoms with Crippen molar-refractivity contribution < 1.29 is 24.9 Å². The molecule has 0 saturated carbocycles. The molecule has 0 aliphatic carbocycles. The highest BCUT2D eigenvalue weighted by molar-refractivity contribution is 6.03. The molecule has 1 aromatic rings. The van der Waals surface area contributed by atoms with Gasteiger partial charge in [-0.3, -0.25) is 25.0 Å². The predicted octanol–water partition coefficient (Wildman–Crippen LogP) is 1.91. The summed E-state index contributed by atoms with van der Waals surface area (Å²) in [4.78, 5) is 33.3. The number of carbonyl (C=O) groups is 1. The van der Waals surface area contributed by atoms with Crippen molar-refractivity contribution in [3.63, 3.8) is 0 Å². The molecule has 0 aromatic heterocycles. The van der Waals surface area contributed by atoms with Gasteiger partial charge >= 0.3 is 0 Å². The lowest BCUT2D eigenvalue weighted by atomic mass is 9.79. The third-order valence-electron chi connectivity index (χ3n) is 3.53. The minimum atomic E-state index is -2.41. The van der Waals surface area contributed by atoms with E-state index in [1.54, 1.807) is 20.8 Å². The van der Waals surface area contributed by atoms with Gasteiger partial charge in [0.15, 0.2) is 0 Å². The molecule has 0 amide bonds. The normalized spacial score (nSPS) is 11.7. The number of hydrogen-bond donors (Lipinski definition) is 2. The first-order chi connectivity index (χ1) is 10.3. The van der Waals surface area contributed by atoms with Crippen LogP contribution in [0, 0.1) is 34.1 Å². The van der Waals surface area contributed by atoms with E-state index in [0.29, 0.717) is 0 Å². The molecule has 0 atom stereocenters. The van der Waals surface area contributed by atoms with E-state index in [0.717, 1.165) is 0 Å². The van der Waals surface area contributed by atoms with E-state index in [1.165, 1.54) is 13.8 Å². The Hall–Kier alpha value is -2.39. The molecule has 0 aliphatic heterocycles. The highest BCUT2D eigenvalue weighted by atomic mass is 16.6. The molecule has 0 fully saturated rings. The van der Waals surface area contributed by atoms with Crippen LogP contribution in [0.25, 0.3) is 0 Å². The van der Waals surface area contributed by atoms with E-state index in [-0.39, 0.29) is 16.7 Å². The molecule has 2 N–H and O–H groups in total. The van der Waals surface area contributed by atoms with Gasteiger partial charge in [-0.25, -0.2) is 0 Å². The Kier molecular flexibility index (Phi) is 4.88. The van der Waals surface area contributed by atoms with Gasteiger partial charge in [-0.05, 0) is 13.8 Å². The van der Waals surface area contributed by atoms with E-state index in [2.05, 4.69) is 0 Å². The van der Waals surface area contributed by atoms with E-state index in [9.17, 15) is 25.0 Å². The van der Waals surface area contributed by atoms with Crippen molar-refractivity contribution in [2.45, 2.75) is 46.3 Å². The zero-order valence-corrected chi connectivity index (χ0v) is 13.4. The van der Waals surface area contributed by atoms with Crippen molar-refractivity contribution in [1.82, 2.24) is 0 Å². The van der Waals surface area contributed by atoms with E-state index in [4.69, 9.17) is 10.2 Å². The van der Waals surface area contributed by atoms with Gasteiger partial charge in [0.2, 0.25) is 12.1 Å². The number of carbonyl (C=O) groups excluding carboxylic acids is 1. The summed E-state index contributed by atoms with van der Waals surface area (Å²) in [5.41, 5.74) is -2.81. The monoisotopic (exact) mass is 326 g/mol. The Balaban J connectivity index is 4.14. The highest BCUT2D eigenvalue weighted by Crippen LogP contribution is 2.44. The summed E-state index contributed by atoms with van der Waals surface area (Å²) in [7, 11) is 0. The van der Waals surface area contributed by atoms with E-state index in [1.807, 2.05) is 0 Å². The van der Waals surface area contributed by atoms with Crippen molar-refractivity contribution in [1.29, 1.82) is 0 Å². The fraction of sp³-hybridized carbons (Fsp3) is 0.500. The maximum Gasteiger partial charge on any atom is 0.283 e. The Morgan fingerprint density at radius 2 is 1.35 bits per heavy atom. The number of aliphatic hydroxyl groups is 2. The lowest BCUT2D eigenvalue weighted by Gasteiger charge is -2.22. The van der Waals surface area contributed by atoms with Gasteiger partial charge < -0.3 is 10.2 Å². The van der Waals surface area contributed by atoms with Gasteiger partial charge in [0.05, 0.1) is 9.85 Å². The smallest absolute Gasteiger partial charge is 0.283 e. The number of hydrogen-bond acceptors (Lipinski definition) is 7. The van der Waals surface area contributed by atoms with Crippen molar-refractivity contribution in [3.05, 3.63) is 42.5 Å². The first-order valence-corrected chi connectivity index (χ1v) is 6.69. The number of rotatable bonds is 4. The predicted molar refractivity (Wildman–Crippen MR) is 80.5 cm³/mol. The first kappa shape index (κ1) is 18.7. The summed E-state index contributed by atoms with van der Waals surface area (Å²) in [6.45, 7) is 7.29. The summed E-state index contributed by atoms with van der Waals surface area (Å²) in [5, 5.41) is 41.1. The fourth-order valence-electron chi connectivity index (χ4n) is 2.67. The molecule has 1 rings (SSSR count). The molecular weight excluding hydrogens is 308 g/mol. The third kappa shape index (κ3) is 3.20. The van der Waals surface area contributed by atoms with Crippen LogP contribution in [-0.4, -0.2) is 32.1 Å². The Bertz CT molecular complexity index is 661. The van der Waals surface area contributed by atoms with Crippen LogP contribution in [0.2, 0.25) is 0 Å². The number of benzene rings is 1. The van der Waals surface area contributed by atoms with Gasteiger partial charge in [0.25, 0.3) is 11.4 Å². The quantitative estimate of drug-likeness (QED) is 0.372. The molecule has 0 spiro atoms. The SMILES string of the molecule is Cc1c(C(=O)C(O)O)c(C)c([N+](=O)[O-])c(C(C)(C)C)c1[N+](=O)[O-]. The molecule has 126 valence electrons. The second-order valence-corrected chi connectivity index (χ2v) is 6.20. The zero-order valence-electron chi connectivity index (χ0n) is 13.4. The second-order valence-electron chi connectivity index (χ2n) is 6.20. The summed E-state index contributed by atoms with van der Waals surface area (Å²) in [6.07, 6.45) is -2.41. The van der Waals surface area contributed by atoms with Gasteiger partial charge in [0.1, 0.15) is 5.56 Å². The van der Waals surface area contributed by atoms with E-state index < -0.39 is 44.3 Å². The maximum absolute atomic E-state index is 12.0.